The lowest BCUT2D eigenvalue weighted by Crippen LogP contribution is -2.43. The van der Waals surface area contributed by atoms with Crippen LogP contribution < -0.4 is 9.47 Å². The minimum atomic E-state index is -3.11. The second kappa shape index (κ2) is 9.31. The van der Waals surface area contributed by atoms with Crippen molar-refractivity contribution in [1.29, 1.82) is 0 Å². The molecule has 3 rings (SSSR count). The first-order chi connectivity index (χ1) is 13.9. The van der Waals surface area contributed by atoms with Gasteiger partial charge in [0.05, 0.1) is 18.6 Å². The van der Waals surface area contributed by atoms with Crippen LogP contribution >= 0.6 is 0 Å². The molecule has 2 aromatic carbocycles. The molecule has 29 heavy (non-hydrogen) atoms. The highest BCUT2D eigenvalue weighted by atomic mass is 32.2. The van der Waals surface area contributed by atoms with Crippen LogP contribution in [0.1, 0.15) is 24.5 Å². The molecule has 1 fully saturated rings. The molecule has 1 aliphatic rings. The van der Waals surface area contributed by atoms with Gasteiger partial charge in [0.25, 0.3) is 5.91 Å². The number of carbonyl (C=O) groups excluding carboxylic acids is 1. The Morgan fingerprint density at radius 3 is 2.48 bits per heavy atom. The van der Waals surface area contributed by atoms with Crippen LogP contribution in [0.15, 0.2) is 48.5 Å². The fraction of sp³-hybridized carbons (Fsp3) is 0.409. The molecule has 2 aromatic rings. The second-order valence-electron chi connectivity index (χ2n) is 7.22. The third kappa shape index (κ3) is 5.73. The Bertz CT molecular complexity index is 940. The highest BCUT2D eigenvalue weighted by Crippen LogP contribution is 2.22. The van der Waals surface area contributed by atoms with E-state index in [2.05, 4.69) is 6.92 Å². The standard InChI is InChI=1S/C22H27NO5S/c1-3-17-7-9-20(10-8-17)28-15-22(24)23(19-11-12-29(25,26)16-19)14-18-5-4-6-21(13-18)27-2/h4-10,13,19H,3,11-12,14-16H2,1-2H3/t19-/m0/s1. The van der Waals surface area contributed by atoms with Crippen LogP contribution in [0, 0.1) is 0 Å². The van der Waals surface area contributed by atoms with E-state index in [-0.39, 0.29) is 30.1 Å². The lowest BCUT2D eigenvalue weighted by Gasteiger charge is -2.28. The Kier molecular flexibility index (Phi) is 6.79. The van der Waals surface area contributed by atoms with Crippen LogP contribution in [0.5, 0.6) is 11.5 Å². The summed E-state index contributed by atoms with van der Waals surface area (Å²) in [7, 11) is -1.53. The smallest absolute Gasteiger partial charge is 0.261 e. The van der Waals surface area contributed by atoms with E-state index in [4.69, 9.17) is 9.47 Å². The molecule has 1 saturated heterocycles. The minimum Gasteiger partial charge on any atom is -0.497 e. The molecule has 0 unspecified atom stereocenters. The van der Waals surface area contributed by atoms with Crippen LogP contribution in [0.3, 0.4) is 0 Å². The lowest BCUT2D eigenvalue weighted by atomic mass is 10.1. The second-order valence-corrected chi connectivity index (χ2v) is 9.44. The first-order valence-corrected chi connectivity index (χ1v) is 11.6. The van der Waals surface area contributed by atoms with Gasteiger partial charge in [-0.25, -0.2) is 8.42 Å². The van der Waals surface area contributed by atoms with Crippen molar-refractivity contribution in [3.63, 3.8) is 0 Å². The summed E-state index contributed by atoms with van der Waals surface area (Å²) < 4.78 is 34.9. The molecule has 0 saturated carbocycles. The van der Waals surface area contributed by atoms with Gasteiger partial charge in [-0.05, 0) is 48.2 Å². The molecule has 1 amide bonds. The fourth-order valence-electron chi connectivity index (χ4n) is 3.46. The van der Waals surface area contributed by atoms with E-state index in [0.717, 1.165) is 12.0 Å². The summed E-state index contributed by atoms with van der Waals surface area (Å²) in [5.41, 5.74) is 2.08. The van der Waals surface area contributed by atoms with Crippen LogP contribution in [-0.2, 0) is 27.6 Å². The van der Waals surface area contributed by atoms with Crippen LogP contribution in [0.4, 0.5) is 0 Å². The Labute approximate surface area is 172 Å². The molecule has 1 aliphatic heterocycles. The third-order valence-electron chi connectivity index (χ3n) is 5.15. The largest absolute Gasteiger partial charge is 0.497 e. The molecule has 6 nitrogen and oxygen atoms in total. The number of sulfone groups is 1. The summed E-state index contributed by atoms with van der Waals surface area (Å²) in [6, 6.07) is 14.7. The molecule has 0 spiro atoms. The number of hydrogen-bond donors (Lipinski definition) is 0. The maximum Gasteiger partial charge on any atom is 0.261 e. The number of amides is 1. The van der Waals surface area contributed by atoms with E-state index >= 15 is 0 Å². The van der Waals surface area contributed by atoms with Gasteiger partial charge in [0.1, 0.15) is 11.5 Å². The number of methoxy groups -OCH3 is 1. The van der Waals surface area contributed by atoms with Crippen molar-refractivity contribution in [3.05, 3.63) is 59.7 Å². The summed E-state index contributed by atoms with van der Waals surface area (Å²) >= 11 is 0. The maximum absolute atomic E-state index is 13.0. The van der Waals surface area contributed by atoms with Crippen molar-refractivity contribution in [2.75, 3.05) is 25.2 Å². The Morgan fingerprint density at radius 2 is 1.86 bits per heavy atom. The molecule has 0 radical (unpaired) electrons. The van der Waals surface area contributed by atoms with E-state index in [9.17, 15) is 13.2 Å². The quantitative estimate of drug-likeness (QED) is 0.660. The molecular formula is C22H27NO5S. The Morgan fingerprint density at radius 1 is 1.10 bits per heavy atom. The van der Waals surface area contributed by atoms with E-state index in [1.807, 2.05) is 48.5 Å². The van der Waals surface area contributed by atoms with Crippen molar-refractivity contribution in [1.82, 2.24) is 4.90 Å². The molecule has 7 heteroatoms. The predicted molar refractivity (Wildman–Crippen MR) is 112 cm³/mol. The number of aryl methyl sites for hydroxylation is 1. The van der Waals surface area contributed by atoms with Crippen LogP contribution in [-0.4, -0.2) is 50.5 Å². The summed E-state index contributed by atoms with van der Waals surface area (Å²) in [6.45, 7) is 2.26. The molecule has 0 aliphatic carbocycles. The summed E-state index contributed by atoms with van der Waals surface area (Å²) in [6.07, 6.45) is 1.38. The minimum absolute atomic E-state index is 0.00605. The van der Waals surface area contributed by atoms with Gasteiger partial charge in [-0.3, -0.25) is 4.79 Å². The van der Waals surface area contributed by atoms with Gasteiger partial charge >= 0.3 is 0 Å². The van der Waals surface area contributed by atoms with Crippen LogP contribution in [0.25, 0.3) is 0 Å². The molecule has 0 N–H and O–H groups in total. The van der Waals surface area contributed by atoms with Crippen molar-refractivity contribution >= 4 is 15.7 Å². The first-order valence-electron chi connectivity index (χ1n) is 9.75. The van der Waals surface area contributed by atoms with E-state index in [0.29, 0.717) is 24.5 Å². The summed E-state index contributed by atoms with van der Waals surface area (Å²) in [5.74, 6) is 1.19. The SMILES string of the molecule is CCc1ccc(OCC(=O)N(Cc2cccc(OC)c2)[C@H]2CCS(=O)(=O)C2)cc1. The molecule has 0 aromatic heterocycles. The van der Waals surface area contributed by atoms with E-state index in [1.54, 1.807) is 12.0 Å². The number of nitrogens with zero attached hydrogens (tertiary/aromatic N) is 1. The Balaban J connectivity index is 1.73. The molecule has 156 valence electrons. The van der Waals surface area contributed by atoms with Gasteiger partial charge < -0.3 is 14.4 Å². The Hall–Kier alpha value is -2.54. The van der Waals surface area contributed by atoms with Gasteiger partial charge in [-0.2, -0.15) is 0 Å². The van der Waals surface area contributed by atoms with Crippen molar-refractivity contribution in [2.24, 2.45) is 0 Å². The zero-order valence-corrected chi connectivity index (χ0v) is 17.7. The molecule has 1 atom stereocenters. The van der Waals surface area contributed by atoms with Gasteiger partial charge in [-0.15, -0.1) is 0 Å². The lowest BCUT2D eigenvalue weighted by molar-refractivity contribution is -0.136. The molecule has 1 heterocycles. The zero-order valence-electron chi connectivity index (χ0n) is 16.8. The van der Waals surface area contributed by atoms with Crippen LogP contribution in [0.2, 0.25) is 0 Å². The number of ether oxygens (including phenoxy) is 2. The van der Waals surface area contributed by atoms with Gasteiger partial charge in [0.15, 0.2) is 16.4 Å². The van der Waals surface area contributed by atoms with Gasteiger partial charge in [0.2, 0.25) is 0 Å². The maximum atomic E-state index is 13.0. The predicted octanol–water partition coefficient (Wildman–Crippen LogP) is 2.85. The number of hydrogen-bond acceptors (Lipinski definition) is 5. The highest BCUT2D eigenvalue weighted by molar-refractivity contribution is 7.91. The monoisotopic (exact) mass is 417 g/mol. The van der Waals surface area contributed by atoms with Gasteiger partial charge in [-0.1, -0.05) is 31.2 Å². The summed E-state index contributed by atoms with van der Waals surface area (Å²) in [5, 5.41) is 0. The molecular weight excluding hydrogens is 390 g/mol. The van der Waals surface area contributed by atoms with Crippen molar-refractivity contribution < 1.29 is 22.7 Å². The number of rotatable bonds is 8. The van der Waals surface area contributed by atoms with Crippen molar-refractivity contribution in [2.45, 2.75) is 32.4 Å². The average Bonchev–Trinajstić information content (AvgIpc) is 3.10. The number of benzene rings is 2. The fourth-order valence-corrected chi connectivity index (χ4v) is 5.19. The first kappa shape index (κ1) is 21.2. The topological polar surface area (TPSA) is 72.9 Å². The summed E-state index contributed by atoms with van der Waals surface area (Å²) in [4.78, 5) is 14.6. The number of carbonyl (C=O) groups is 1. The average molecular weight is 418 g/mol. The van der Waals surface area contributed by atoms with E-state index in [1.165, 1.54) is 5.56 Å². The zero-order chi connectivity index (χ0) is 20.9. The van der Waals surface area contributed by atoms with Gasteiger partial charge in [0, 0.05) is 12.6 Å². The third-order valence-corrected chi connectivity index (χ3v) is 6.90. The van der Waals surface area contributed by atoms with Crippen molar-refractivity contribution in [3.8, 4) is 11.5 Å². The highest BCUT2D eigenvalue weighted by Gasteiger charge is 2.34. The van der Waals surface area contributed by atoms with E-state index < -0.39 is 9.84 Å². The molecule has 0 bridgehead atoms. The normalized spacial score (nSPS) is 17.7.